The van der Waals surface area contributed by atoms with Crippen LogP contribution in [0.3, 0.4) is 0 Å². The van der Waals surface area contributed by atoms with Gasteiger partial charge in [-0.2, -0.15) is 0 Å². The molecule has 0 saturated heterocycles. The SMILES string of the molecule is O=C(NCCNc1ncnc2sc3c(c12)CCCC3)c1ccc(F)cc1. The van der Waals surface area contributed by atoms with Crippen LogP contribution in [0.5, 0.6) is 0 Å². The van der Waals surface area contributed by atoms with Gasteiger partial charge >= 0.3 is 0 Å². The molecule has 0 aliphatic heterocycles. The summed E-state index contributed by atoms with van der Waals surface area (Å²) in [6.45, 7) is 1.01. The Balaban J connectivity index is 1.40. The summed E-state index contributed by atoms with van der Waals surface area (Å²) in [5, 5.41) is 7.29. The Bertz CT molecular complexity index is 939. The van der Waals surface area contributed by atoms with E-state index in [4.69, 9.17) is 0 Å². The first-order valence-corrected chi connectivity index (χ1v) is 9.57. The first kappa shape index (κ1) is 16.9. The number of aryl methyl sites for hydroxylation is 2. The summed E-state index contributed by atoms with van der Waals surface area (Å²) in [7, 11) is 0. The molecule has 0 radical (unpaired) electrons. The van der Waals surface area contributed by atoms with Crippen molar-refractivity contribution >= 4 is 33.3 Å². The van der Waals surface area contributed by atoms with Crippen LogP contribution in [0.1, 0.15) is 33.6 Å². The highest BCUT2D eigenvalue weighted by atomic mass is 32.1. The molecular formula is C19H19FN4OS. The minimum absolute atomic E-state index is 0.215. The lowest BCUT2D eigenvalue weighted by Crippen LogP contribution is -2.28. The van der Waals surface area contributed by atoms with Crippen molar-refractivity contribution in [3.05, 3.63) is 52.4 Å². The summed E-state index contributed by atoms with van der Waals surface area (Å²) in [5.41, 5.74) is 1.83. The molecule has 0 atom stereocenters. The maximum atomic E-state index is 12.9. The molecule has 0 spiro atoms. The Kier molecular flexibility index (Phi) is 4.79. The third kappa shape index (κ3) is 3.39. The van der Waals surface area contributed by atoms with Crippen LogP contribution >= 0.6 is 11.3 Å². The van der Waals surface area contributed by atoms with Gasteiger partial charge in [0.1, 0.15) is 22.8 Å². The van der Waals surface area contributed by atoms with Gasteiger partial charge < -0.3 is 10.6 Å². The Morgan fingerprint density at radius 1 is 1.12 bits per heavy atom. The van der Waals surface area contributed by atoms with E-state index in [1.807, 2.05) is 0 Å². The molecule has 2 aromatic heterocycles. The van der Waals surface area contributed by atoms with E-state index in [-0.39, 0.29) is 11.7 Å². The molecule has 0 unspecified atom stereocenters. The van der Waals surface area contributed by atoms with E-state index < -0.39 is 0 Å². The second kappa shape index (κ2) is 7.37. The van der Waals surface area contributed by atoms with Crippen molar-refractivity contribution in [2.24, 2.45) is 0 Å². The fraction of sp³-hybridized carbons (Fsp3) is 0.316. The van der Waals surface area contributed by atoms with Gasteiger partial charge in [-0.1, -0.05) is 0 Å². The summed E-state index contributed by atoms with van der Waals surface area (Å²) in [5.74, 6) is 0.271. The molecule has 0 saturated carbocycles. The van der Waals surface area contributed by atoms with Crippen LogP contribution in [0.4, 0.5) is 10.2 Å². The normalized spacial score (nSPS) is 13.4. The van der Waals surface area contributed by atoms with Crippen molar-refractivity contribution in [2.75, 3.05) is 18.4 Å². The number of amides is 1. The monoisotopic (exact) mass is 370 g/mol. The number of nitrogens with one attached hydrogen (secondary N) is 2. The lowest BCUT2D eigenvalue weighted by Gasteiger charge is -2.12. The zero-order valence-corrected chi connectivity index (χ0v) is 15.0. The minimum Gasteiger partial charge on any atom is -0.368 e. The number of nitrogens with zero attached hydrogens (tertiary/aromatic N) is 2. The standard InChI is InChI=1S/C19H19FN4OS/c20-13-7-5-12(6-8-13)18(25)22-10-9-21-17-16-14-3-1-2-4-15(14)26-19(16)24-11-23-17/h5-8,11H,1-4,9-10H2,(H,22,25)(H,21,23,24). The average molecular weight is 370 g/mol. The average Bonchev–Trinajstić information content (AvgIpc) is 3.05. The van der Waals surface area contributed by atoms with Crippen LogP contribution in [0.2, 0.25) is 0 Å². The number of anilines is 1. The first-order chi connectivity index (χ1) is 12.7. The highest BCUT2D eigenvalue weighted by Crippen LogP contribution is 2.37. The van der Waals surface area contributed by atoms with Crippen molar-refractivity contribution < 1.29 is 9.18 Å². The Hall–Kier alpha value is -2.54. The molecule has 0 fully saturated rings. The summed E-state index contributed by atoms with van der Waals surface area (Å²) in [6.07, 6.45) is 6.25. The van der Waals surface area contributed by atoms with E-state index in [0.29, 0.717) is 18.7 Å². The van der Waals surface area contributed by atoms with Crippen LogP contribution in [0, 0.1) is 5.82 Å². The summed E-state index contributed by atoms with van der Waals surface area (Å²) < 4.78 is 12.9. The Labute approximate surface area is 154 Å². The Morgan fingerprint density at radius 2 is 1.92 bits per heavy atom. The number of carbonyl (C=O) groups excluding carboxylic acids is 1. The Morgan fingerprint density at radius 3 is 2.77 bits per heavy atom. The van der Waals surface area contributed by atoms with E-state index in [9.17, 15) is 9.18 Å². The number of hydrogen-bond acceptors (Lipinski definition) is 5. The molecule has 2 N–H and O–H groups in total. The summed E-state index contributed by atoms with van der Waals surface area (Å²) >= 11 is 1.76. The fourth-order valence-electron chi connectivity index (χ4n) is 3.28. The zero-order valence-electron chi connectivity index (χ0n) is 14.2. The van der Waals surface area contributed by atoms with Crippen molar-refractivity contribution in [1.82, 2.24) is 15.3 Å². The van der Waals surface area contributed by atoms with Gasteiger partial charge in [-0.05, 0) is 55.5 Å². The molecule has 1 aromatic carbocycles. The summed E-state index contributed by atoms with van der Waals surface area (Å²) in [6, 6.07) is 5.52. The van der Waals surface area contributed by atoms with Crippen molar-refractivity contribution in [3.8, 4) is 0 Å². The number of halogens is 1. The number of aromatic nitrogens is 2. The molecule has 3 aromatic rings. The van der Waals surface area contributed by atoms with Gasteiger partial charge in [-0.3, -0.25) is 4.79 Å². The molecule has 4 rings (SSSR count). The van der Waals surface area contributed by atoms with Crippen LogP contribution in [0.15, 0.2) is 30.6 Å². The van der Waals surface area contributed by atoms with E-state index in [1.165, 1.54) is 47.5 Å². The third-order valence-corrected chi connectivity index (χ3v) is 5.76. The smallest absolute Gasteiger partial charge is 0.251 e. The largest absolute Gasteiger partial charge is 0.368 e. The molecule has 1 aliphatic carbocycles. The molecule has 7 heteroatoms. The van der Waals surface area contributed by atoms with Gasteiger partial charge in [0.25, 0.3) is 5.91 Å². The number of fused-ring (bicyclic) bond motifs is 3. The second-order valence-electron chi connectivity index (χ2n) is 6.30. The van der Waals surface area contributed by atoms with Crippen LogP contribution < -0.4 is 10.6 Å². The van der Waals surface area contributed by atoms with E-state index in [2.05, 4.69) is 20.6 Å². The highest BCUT2D eigenvalue weighted by molar-refractivity contribution is 7.19. The number of thiophene rings is 1. The predicted molar refractivity (Wildman–Crippen MR) is 101 cm³/mol. The molecule has 5 nitrogen and oxygen atoms in total. The van der Waals surface area contributed by atoms with Crippen LogP contribution in [-0.2, 0) is 12.8 Å². The molecule has 1 aliphatic rings. The number of benzene rings is 1. The van der Waals surface area contributed by atoms with Gasteiger partial charge in [-0.15, -0.1) is 11.3 Å². The van der Waals surface area contributed by atoms with E-state index >= 15 is 0 Å². The fourth-order valence-corrected chi connectivity index (χ4v) is 4.51. The van der Waals surface area contributed by atoms with Crippen LogP contribution in [0.25, 0.3) is 10.2 Å². The number of carbonyl (C=O) groups is 1. The van der Waals surface area contributed by atoms with Crippen LogP contribution in [-0.4, -0.2) is 29.0 Å². The van der Waals surface area contributed by atoms with Gasteiger partial charge in [0.15, 0.2) is 0 Å². The maximum absolute atomic E-state index is 12.9. The van der Waals surface area contributed by atoms with Gasteiger partial charge in [0, 0.05) is 23.5 Å². The lowest BCUT2D eigenvalue weighted by atomic mass is 9.97. The molecule has 1 amide bonds. The summed E-state index contributed by atoms with van der Waals surface area (Å²) in [4.78, 5) is 23.3. The minimum atomic E-state index is -0.352. The molecule has 134 valence electrons. The molecular weight excluding hydrogens is 351 g/mol. The van der Waals surface area contributed by atoms with Gasteiger partial charge in [0.2, 0.25) is 0 Å². The van der Waals surface area contributed by atoms with Gasteiger partial charge in [0.05, 0.1) is 5.39 Å². The predicted octanol–water partition coefficient (Wildman–Crippen LogP) is 3.55. The first-order valence-electron chi connectivity index (χ1n) is 8.75. The quantitative estimate of drug-likeness (QED) is 0.674. The molecule has 0 bridgehead atoms. The molecule has 2 heterocycles. The lowest BCUT2D eigenvalue weighted by molar-refractivity contribution is 0.0955. The highest BCUT2D eigenvalue weighted by Gasteiger charge is 2.19. The van der Waals surface area contributed by atoms with E-state index in [0.717, 1.165) is 28.9 Å². The second-order valence-corrected chi connectivity index (χ2v) is 7.39. The maximum Gasteiger partial charge on any atom is 0.251 e. The van der Waals surface area contributed by atoms with Crippen molar-refractivity contribution in [3.63, 3.8) is 0 Å². The number of hydrogen-bond donors (Lipinski definition) is 2. The van der Waals surface area contributed by atoms with Gasteiger partial charge in [-0.25, -0.2) is 14.4 Å². The van der Waals surface area contributed by atoms with E-state index in [1.54, 1.807) is 17.7 Å². The number of rotatable bonds is 5. The molecule has 26 heavy (non-hydrogen) atoms. The van der Waals surface area contributed by atoms with Crippen molar-refractivity contribution in [1.29, 1.82) is 0 Å². The van der Waals surface area contributed by atoms with Crippen molar-refractivity contribution in [2.45, 2.75) is 25.7 Å². The third-order valence-electron chi connectivity index (χ3n) is 4.56. The zero-order chi connectivity index (χ0) is 17.9. The topological polar surface area (TPSA) is 66.9 Å².